The van der Waals surface area contributed by atoms with Crippen LogP contribution >= 0.6 is 0 Å². The molecule has 0 saturated heterocycles. The Hall–Kier alpha value is -2.41. The van der Waals surface area contributed by atoms with Gasteiger partial charge < -0.3 is 10.5 Å². The lowest BCUT2D eigenvalue weighted by Gasteiger charge is -2.19. The molecule has 2 aromatic rings. The summed E-state index contributed by atoms with van der Waals surface area (Å²) in [4.78, 5) is 3.91. The zero-order valence-corrected chi connectivity index (χ0v) is 13.0. The van der Waals surface area contributed by atoms with Gasteiger partial charge in [-0.3, -0.25) is 15.3 Å². The van der Waals surface area contributed by atoms with Gasteiger partial charge >= 0.3 is 0 Å². The summed E-state index contributed by atoms with van der Waals surface area (Å²) in [6.07, 6.45) is 2.92. The molecule has 1 aromatic heterocycles. The van der Waals surface area contributed by atoms with Crippen molar-refractivity contribution < 1.29 is 18.7 Å². The SMILES string of the molecule is CCN(O)c1cc(-c2ccncc2OCC(C)(F)F)ccc1N. The predicted octanol–water partition coefficient (Wildman–Crippen LogP) is 3.58. The van der Waals surface area contributed by atoms with Crippen molar-refractivity contribution in [1.29, 1.82) is 0 Å². The number of hydrogen-bond acceptors (Lipinski definition) is 5. The molecule has 2 rings (SSSR count). The molecule has 0 atom stereocenters. The summed E-state index contributed by atoms with van der Waals surface area (Å²) in [5.41, 5.74) is 7.98. The zero-order valence-electron chi connectivity index (χ0n) is 13.0. The first-order chi connectivity index (χ1) is 10.8. The third-order valence-corrected chi connectivity index (χ3v) is 3.18. The lowest BCUT2D eigenvalue weighted by atomic mass is 10.0. The Morgan fingerprint density at radius 2 is 2.09 bits per heavy atom. The maximum atomic E-state index is 13.0. The van der Waals surface area contributed by atoms with E-state index in [1.165, 1.54) is 6.20 Å². The molecule has 0 fully saturated rings. The van der Waals surface area contributed by atoms with Crippen LogP contribution in [0.5, 0.6) is 5.75 Å². The number of pyridine rings is 1. The Morgan fingerprint density at radius 1 is 1.35 bits per heavy atom. The Kier molecular flexibility index (Phi) is 5.00. The fourth-order valence-corrected chi connectivity index (χ4v) is 2.04. The van der Waals surface area contributed by atoms with E-state index in [0.717, 1.165) is 12.0 Å². The second-order valence-electron chi connectivity index (χ2n) is 5.22. The highest BCUT2D eigenvalue weighted by molar-refractivity contribution is 5.78. The van der Waals surface area contributed by atoms with E-state index in [1.54, 1.807) is 37.4 Å². The molecule has 0 aliphatic rings. The van der Waals surface area contributed by atoms with Gasteiger partial charge in [-0.2, -0.15) is 0 Å². The topological polar surface area (TPSA) is 71.6 Å². The Labute approximate surface area is 133 Å². The van der Waals surface area contributed by atoms with E-state index < -0.39 is 12.5 Å². The van der Waals surface area contributed by atoms with Gasteiger partial charge in [0.1, 0.15) is 5.75 Å². The Morgan fingerprint density at radius 3 is 2.74 bits per heavy atom. The van der Waals surface area contributed by atoms with Crippen molar-refractivity contribution in [3.05, 3.63) is 36.7 Å². The summed E-state index contributed by atoms with van der Waals surface area (Å²) in [6, 6.07) is 6.70. The third-order valence-electron chi connectivity index (χ3n) is 3.18. The van der Waals surface area contributed by atoms with E-state index in [-0.39, 0.29) is 5.75 Å². The number of aromatic nitrogens is 1. The van der Waals surface area contributed by atoms with Crippen molar-refractivity contribution in [2.24, 2.45) is 0 Å². The van der Waals surface area contributed by atoms with Crippen LogP contribution in [0.25, 0.3) is 11.1 Å². The number of hydroxylamine groups is 1. The zero-order chi connectivity index (χ0) is 17.0. The number of halogens is 2. The average Bonchev–Trinajstić information content (AvgIpc) is 2.52. The molecule has 0 unspecified atom stereocenters. The van der Waals surface area contributed by atoms with E-state index in [0.29, 0.717) is 29.0 Å². The molecule has 0 spiro atoms. The van der Waals surface area contributed by atoms with Crippen LogP contribution in [0.15, 0.2) is 36.7 Å². The van der Waals surface area contributed by atoms with E-state index in [2.05, 4.69) is 4.98 Å². The van der Waals surface area contributed by atoms with Crippen molar-refractivity contribution in [2.75, 3.05) is 23.9 Å². The van der Waals surface area contributed by atoms with E-state index in [1.807, 2.05) is 0 Å². The van der Waals surface area contributed by atoms with Gasteiger partial charge in [-0.25, -0.2) is 8.78 Å². The fourth-order valence-electron chi connectivity index (χ4n) is 2.04. The minimum Gasteiger partial charge on any atom is -0.485 e. The van der Waals surface area contributed by atoms with Crippen molar-refractivity contribution in [2.45, 2.75) is 19.8 Å². The number of hydrogen-bond donors (Lipinski definition) is 2. The van der Waals surface area contributed by atoms with Crippen LogP contribution in [0, 0.1) is 0 Å². The molecule has 0 bridgehead atoms. The number of ether oxygens (including phenoxy) is 1. The molecule has 0 saturated carbocycles. The number of nitrogen functional groups attached to an aromatic ring is 1. The molecule has 0 amide bonds. The molecular weight excluding hydrogens is 304 g/mol. The first kappa shape index (κ1) is 17.0. The quantitative estimate of drug-likeness (QED) is 0.628. The van der Waals surface area contributed by atoms with Crippen molar-refractivity contribution in [1.82, 2.24) is 4.98 Å². The minimum atomic E-state index is -2.94. The number of nitrogens with two attached hydrogens (primary N) is 1. The van der Waals surface area contributed by atoms with Crippen molar-refractivity contribution >= 4 is 11.4 Å². The first-order valence-corrected chi connectivity index (χ1v) is 7.13. The van der Waals surface area contributed by atoms with Crippen LogP contribution in [0.4, 0.5) is 20.2 Å². The second-order valence-corrected chi connectivity index (χ2v) is 5.22. The van der Waals surface area contributed by atoms with Gasteiger partial charge in [-0.05, 0) is 30.7 Å². The molecular formula is C16H19F2N3O2. The van der Waals surface area contributed by atoms with Gasteiger partial charge in [0.2, 0.25) is 0 Å². The smallest absolute Gasteiger partial charge is 0.278 e. The molecule has 0 radical (unpaired) electrons. The summed E-state index contributed by atoms with van der Waals surface area (Å²) in [6.45, 7) is 2.18. The molecule has 0 aliphatic carbocycles. The van der Waals surface area contributed by atoms with Gasteiger partial charge in [-0.1, -0.05) is 6.07 Å². The van der Waals surface area contributed by atoms with Crippen LogP contribution in [0.3, 0.4) is 0 Å². The molecule has 23 heavy (non-hydrogen) atoms. The molecule has 5 nitrogen and oxygen atoms in total. The highest BCUT2D eigenvalue weighted by atomic mass is 19.3. The highest BCUT2D eigenvalue weighted by Crippen LogP contribution is 2.34. The largest absolute Gasteiger partial charge is 0.485 e. The van der Waals surface area contributed by atoms with Gasteiger partial charge in [-0.15, -0.1) is 0 Å². The number of rotatable bonds is 6. The van der Waals surface area contributed by atoms with Crippen LogP contribution in [-0.2, 0) is 0 Å². The molecule has 7 heteroatoms. The maximum Gasteiger partial charge on any atom is 0.278 e. The number of benzene rings is 1. The first-order valence-electron chi connectivity index (χ1n) is 7.13. The summed E-state index contributed by atoms with van der Waals surface area (Å²) >= 11 is 0. The summed E-state index contributed by atoms with van der Waals surface area (Å²) < 4.78 is 31.2. The van der Waals surface area contributed by atoms with E-state index in [4.69, 9.17) is 10.5 Å². The minimum absolute atomic E-state index is 0.241. The van der Waals surface area contributed by atoms with Crippen LogP contribution < -0.4 is 15.5 Å². The summed E-state index contributed by atoms with van der Waals surface area (Å²) in [7, 11) is 0. The summed E-state index contributed by atoms with van der Waals surface area (Å²) in [5, 5.41) is 10.9. The lowest BCUT2D eigenvalue weighted by molar-refractivity contribution is -0.0228. The predicted molar refractivity (Wildman–Crippen MR) is 85.0 cm³/mol. The van der Waals surface area contributed by atoms with Crippen LogP contribution in [-0.4, -0.2) is 29.3 Å². The standard InChI is InChI=1S/C16H19F2N3O2/c1-3-21(22)14-8-11(4-5-13(14)19)12-6-7-20-9-15(12)23-10-16(2,17)18/h4-9,22H,3,10,19H2,1-2H3. The summed E-state index contributed by atoms with van der Waals surface area (Å²) in [5.74, 6) is -2.70. The molecule has 3 N–H and O–H groups in total. The van der Waals surface area contributed by atoms with Crippen molar-refractivity contribution in [3.8, 4) is 16.9 Å². The van der Waals surface area contributed by atoms with Crippen LogP contribution in [0.2, 0.25) is 0 Å². The van der Waals surface area contributed by atoms with Crippen LogP contribution in [0.1, 0.15) is 13.8 Å². The molecule has 0 aliphatic heterocycles. The van der Waals surface area contributed by atoms with E-state index in [9.17, 15) is 14.0 Å². The Balaban J connectivity index is 2.39. The third kappa shape index (κ3) is 4.29. The molecule has 124 valence electrons. The Bertz CT molecular complexity index is 675. The van der Waals surface area contributed by atoms with Gasteiger partial charge in [0.25, 0.3) is 5.92 Å². The van der Waals surface area contributed by atoms with Gasteiger partial charge in [0.05, 0.1) is 17.6 Å². The monoisotopic (exact) mass is 323 g/mol. The normalized spacial score (nSPS) is 11.3. The number of nitrogens with zero attached hydrogens (tertiary/aromatic N) is 2. The molecule has 1 heterocycles. The molecule has 1 aromatic carbocycles. The number of anilines is 2. The van der Waals surface area contributed by atoms with Crippen molar-refractivity contribution in [3.63, 3.8) is 0 Å². The lowest BCUT2D eigenvalue weighted by Crippen LogP contribution is -2.21. The van der Waals surface area contributed by atoms with Gasteiger partial charge in [0.15, 0.2) is 6.61 Å². The van der Waals surface area contributed by atoms with Gasteiger partial charge in [0, 0.05) is 25.2 Å². The fraction of sp³-hybridized carbons (Fsp3) is 0.312. The average molecular weight is 323 g/mol. The highest BCUT2D eigenvalue weighted by Gasteiger charge is 2.23. The number of alkyl halides is 2. The maximum absolute atomic E-state index is 13.0. The second kappa shape index (κ2) is 6.78. The van der Waals surface area contributed by atoms with E-state index >= 15 is 0 Å².